The quantitative estimate of drug-likeness (QED) is 0.747. The highest BCUT2D eigenvalue weighted by atomic mass is 79.9. The molecular weight excluding hydrogens is 291 g/mol. The third-order valence-corrected chi connectivity index (χ3v) is 3.53. The second kappa shape index (κ2) is 5.15. The molecule has 0 radical (unpaired) electrons. The minimum Gasteiger partial charge on any atom is -0.338 e. The molecule has 1 aliphatic heterocycles. The summed E-state index contributed by atoms with van der Waals surface area (Å²) in [6.45, 7) is 1.47. The number of hydrogen-bond donors (Lipinski definition) is 0. The topological polar surface area (TPSA) is 33.2 Å². The number of carbonyl (C=O) groups is 1. The van der Waals surface area contributed by atoms with Crippen LogP contribution in [-0.2, 0) is 0 Å². The number of amides is 1. The van der Waals surface area contributed by atoms with Crippen molar-refractivity contribution in [1.82, 2.24) is 9.88 Å². The molecule has 0 aliphatic carbocycles. The van der Waals surface area contributed by atoms with Crippen molar-refractivity contribution in [2.45, 2.75) is 18.2 Å². The molecule has 1 aliphatic rings. The molecule has 0 spiro atoms. The lowest BCUT2D eigenvalue weighted by Gasteiger charge is -2.29. The normalized spacial score (nSPS) is 17.5. The van der Waals surface area contributed by atoms with Crippen LogP contribution < -0.4 is 0 Å². The molecule has 2 heterocycles. The minimum atomic E-state index is 0.0392. The molecule has 1 aromatic rings. The highest BCUT2D eigenvalue weighted by molar-refractivity contribution is 9.10. The van der Waals surface area contributed by atoms with Crippen LogP contribution in [0, 0.1) is 0 Å². The van der Waals surface area contributed by atoms with Crippen molar-refractivity contribution in [1.29, 1.82) is 0 Å². The molecular formula is C11H12BrClN2O. The van der Waals surface area contributed by atoms with E-state index in [-0.39, 0.29) is 11.3 Å². The van der Waals surface area contributed by atoms with Crippen molar-refractivity contribution in [2.75, 3.05) is 13.1 Å². The van der Waals surface area contributed by atoms with Gasteiger partial charge in [0.2, 0.25) is 0 Å². The lowest BCUT2D eigenvalue weighted by molar-refractivity contribution is 0.0726. The van der Waals surface area contributed by atoms with E-state index in [2.05, 4.69) is 20.9 Å². The van der Waals surface area contributed by atoms with E-state index < -0.39 is 0 Å². The summed E-state index contributed by atoms with van der Waals surface area (Å²) >= 11 is 9.31. The van der Waals surface area contributed by atoms with Gasteiger partial charge in [0.25, 0.3) is 5.91 Å². The molecule has 5 heteroatoms. The number of hydrogen-bond acceptors (Lipinski definition) is 2. The number of piperidine rings is 1. The summed E-state index contributed by atoms with van der Waals surface area (Å²) in [4.78, 5) is 17.9. The first kappa shape index (κ1) is 11.9. The Morgan fingerprint density at radius 1 is 1.44 bits per heavy atom. The third kappa shape index (κ3) is 2.74. The fourth-order valence-electron chi connectivity index (χ4n) is 1.76. The molecule has 0 unspecified atom stereocenters. The number of pyridine rings is 1. The number of halogens is 2. The van der Waals surface area contributed by atoms with Gasteiger partial charge in [-0.25, -0.2) is 0 Å². The van der Waals surface area contributed by atoms with Crippen LogP contribution in [0.3, 0.4) is 0 Å². The third-order valence-electron chi connectivity index (χ3n) is 2.66. The van der Waals surface area contributed by atoms with Crippen LogP contribution in [0.1, 0.15) is 23.2 Å². The van der Waals surface area contributed by atoms with Gasteiger partial charge in [0.15, 0.2) is 0 Å². The van der Waals surface area contributed by atoms with Crippen LogP contribution in [0.15, 0.2) is 22.9 Å². The molecule has 1 fully saturated rings. The molecule has 1 amide bonds. The smallest absolute Gasteiger partial charge is 0.255 e. The molecule has 2 rings (SSSR count). The van der Waals surface area contributed by atoms with E-state index in [4.69, 9.17) is 11.6 Å². The number of carbonyl (C=O) groups excluding carboxylic acids is 1. The highest BCUT2D eigenvalue weighted by Crippen LogP contribution is 2.18. The molecule has 0 bridgehead atoms. The van der Waals surface area contributed by atoms with Gasteiger partial charge >= 0.3 is 0 Å². The van der Waals surface area contributed by atoms with Crippen LogP contribution in [0.5, 0.6) is 0 Å². The lowest BCUT2D eigenvalue weighted by atomic mass is 10.1. The van der Waals surface area contributed by atoms with E-state index in [0.29, 0.717) is 5.56 Å². The second-order valence-corrected chi connectivity index (χ2v) is 5.39. The Balaban J connectivity index is 2.08. The summed E-state index contributed by atoms with van der Waals surface area (Å²) in [5.74, 6) is 0.0392. The molecule has 1 aromatic heterocycles. The van der Waals surface area contributed by atoms with E-state index in [1.807, 2.05) is 4.90 Å². The Kier molecular flexibility index (Phi) is 3.82. The first-order valence-corrected chi connectivity index (χ1v) is 6.43. The first-order valence-electron chi connectivity index (χ1n) is 5.20. The van der Waals surface area contributed by atoms with E-state index in [0.717, 1.165) is 30.4 Å². The Morgan fingerprint density at radius 2 is 2.12 bits per heavy atom. The molecule has 0 aromatic carbocycles. The average molecular weight is 304 g/mol. The molecule has 86 valence electrons. The number of likely N-dealkylation sites (tertiary alicyclic amines) is 1. The van der Waals surface area contributed by atoms with Gasteiger partial charge in [-0.05, 0) is 34.8 Å². The summed E-state index contributed by atoms with van der Waals surface area (Å²) < 4.78 is 0.825. The van der Waals surface area contributed by atoms with Gasteiger partial charge in [0.05, 0.1) is 5.56 Å². The molecule has 3 nitrogen and oxygen atoms in total. The van der Waals surface area contributed by atoms with Gasteiger partial charge in [-0.1, -0.05) is 0 Å². The zero-order valence-corrected chi connectivity index (χ0v) is 11.0. The molecule has 1 saturated heterocycles. The summed E-state index contributed by atoms with van der Waals surface area (Å²) in [7, 11) is 0. The van der Waals surface area contributed by atoms with Gasteiger partial charge < -0.3 is 4.90 Å². The van der Waals surface area contributed by atoms with E-state index in [1.54, 1.807) is 18.5 Å². The number of rotatable bonds is 1. The number of aromatic nitrogens is 1. The maximum atomic E-state index is 12.1. The molecule has 0 N–H and O–H groups in total. The van der Waals surface area contributed by atoms with Crippen molar-refractivity contribution in [3.05, 3.63) is 28.5 Å². The number of nitrogens with zero attached hydrogens (tertiary/aromatic N) is 2. The maximum absolute atomic E-state index is 12.1. The van der Waals surface area contributed by atoms with E-state index in [1.165, 1.54) is 0 Å². The SMILES string of the molecule is O=C(c1cncc(Br)c1)N1CCC(Cl)CC1. The van der Waals surface area contributed by atoms with E-state index >= 15 is 0 Å². The monoisotopic (exact) mass is 302 g/mol. The molecule has 16 heavy (non-hydrogen) atoms. The summed E-state index contributed by atoms with van der Waals surface area (Å²) in [6, 6.07) is 1.79. The Bertz CT molecular complexity index is 391. The Labute approximate surface area is 108 Å². The summed E-state index contributed by atoms with van der Waals surface area (Å²) in [5.41, 5.74) is 0.627. The first-order chi connectivity index (χ1) is 7.66. The van der Waals surface area contributed by atoms with E-state index in [9.17, 15) is 4.79 Å². The zero-order valence-electron chi connectivity index (χ0n) is 8.70. The second-order valence-electron chi connectivity index (χ2n) is 3.86. The fraction of sp³-hybridized carbons (Fsp3) is 0.455. The van der Waals surface area contributed by atoms with Crippen LogP contribution in [-0.4, -0.2) is 34.3 Å². The minimum absolute atomic E-state index is 0.0392. The van der Waals surface area contributed by atoms with Gasteiger partial charge in [0, 0.05) is 35.3 Å². The fourth-order valence-corrected chi connectivity index (χ4v) is 2.32. The summed E-state index contributed by atoms with van der Waals surface area (Å²) in [5, 5.41) is 0.213. The van der Waals surface area contributed by atoms with Crippen LogP contribution in [0.25, 0.3) is 0 Å². The van der Waals surface area contributed by atoms with Crippen molar-refractivity contribution < 1.29 is 4.79 Å². The van der Waals surface area contributed by atoms with Crippen molar-refractivity contribution >= 4 is 33.4 Å². The highest BCUT2D eigenvalue weighted by Gasteiger charge is 2.22. The van der Waals surface area contributed by atoms with Gasteiger partial charge in [0.1, 0.15) is 0 Å². The van der Waals surface area contributed by atoms with Crippen molar-refractivity contribution in [3.63, 3.8) is 0 Å². The van der Waals surface area contributed by atoms with Crippen LogP contribution in [0.4, 0.5) is 0 Å². The average Bonchev–Trinajstić information content (AvgIpc) is 2.29. The van der Waals surface area contributed by atoms with Gasteiger partial charge in [-0.3, -0.25) is 9.78 Å². The zero-order chi connectivity index (χ0) is 11.5. The van der Waals surface area contributed by atoms with Crippen LogP contribution >= 0.6 is 27.5 Å². The molecule has 0 saturated carbocycles. The van der Waals surface area contributed by atoms with Gasteiger partial charge in [-0.2, -0.15) is 0 Å². The Hall–Kier alpha value is -0.610. The van der Waals surface area contributed by atoms with Gasteiger partial charge in [-0.15, -0.1) is 11.6 Å². The van der Waals surface area contributed by atoms with Crippen molar-refractivity contribution in [2.24, 2.45) is 0 Å². The summed E-state index contributed by atoms with van der Waals surface area (Å²) in [6.07, 6.45) is 5.01. The predicted octanol–water partition coefficient (Wildman–Crippen LogP) is 2.69. The predicted molar refractivity (Wildman–Crippen MR) is 66.7 cm³/mol. The van der Waals surface area contributed by atoms with Crippen LogP contribution in [0.2, 0.25) is 0 Å². The lowest BCUT2D eigenvalue weighted by Crippen LogP contribution is -2.38. The number of alkyl halides is 1. The Morgan fingerprint density at radius 3 is 2.75 bits per heavy atom. The largest absolute Gasteiger partial charge is 0.338 e. The molecule has 0 atom stereocenters. The maximum Gasteiger partial charge on any atom is 0.255 e. The van der Waals surface area contributed by atoms with Crippen molar-refractivity contribution in [3.8, 4) is 0 Å². The standard InChI is InChI=1S/C11H12BrClN2O/c12-9-5-8(6-14-7-9)11(16)15-3-1-10(13)2-4-15/h5-7,10H,1-4H2.